The molecule has 0 saturated carbocycles. The van der Waals surface area contributed by atoms with Crippen LogP contribution in [-0.4, -0.2) is 5.11 Å². The lowest BCUT2D eigenvalue weighted by molar-refractivity contribution is 0.194. The van der Waals surface area contributed by atoms with Gasteiger partial charge < -0.3 is 5.11 Å². The van der Waals surface area contributed by atoms with E-state index in [0.29, 0.717) is 5.56 Å². The second-order valence-electron chi connectivity index (χ2n) is 2.70. The number of aliphatic hydroxyl groups excluding tert-OH is 1. The molecule has 0 saturated heterocycles. The first-order chi connectivity index (χ1) is 5.11. The smallest absolute Gasteiger partial charge is 0.129 e. The van der Waals surface area contributed by atoms with Gasteiger partial charge in [-0.05, 0) is 19.9 Å². The van der Waals surface area contributed by atoms with Gasteiger partial charge in [-0.2, -0.15) is 0 Å². The zero-order valence-corrected chi connectivity index (χ0v) is 6.63. The third kappa shape index (κ3) is 1.77. The predicted molar refractivity (Wildman–Crippen MR) is 41.8 cm³/mol. The molecule has 0 aliphatic heterocycles. The Labute approximate surface area is 65.5 Å². The summed E-state index contributed by atoms with van der Waals surface area (Å²) in [6.45, 7) is 3.42. The highest BCUT2D eigenvalue weighted by Crippen LogP contribution is 2.17. The number of aliphatic hydroxyl groups is 1. The summed E-state index contributed by atoms with van der Waals surface area (Å²) < 4.78 is 12.9. The van der Waals surface area contributed by atoms with Gasteiger partial charge >= 0.3 is 0 Å². The summed E-state index contributed by atoms with van der Waals surface area (Å²) in [5, 5.41) is 9.09. The second kappa shape index (κ2) is 3.01. The van der Waals surface area contributed by atoms with E-state index < -0.39 is 6.10 Å². The van der Waals surface area contributed by atoms with Crippen molar-refractivity contribution in [2.75, 3.05) is 0 Å². The molecule has 1 rings (SSSR count). The minimum atomic E-state index is -0.727. The molecule has 0 unspecified atom stereocenters. The van der Waals surface area contributed by atoms with Gasteiger partial charge in [0.2, 0.25) is 0 Å². The monoisotopic (exact) mass is 154 g/mol. The fourth-order valence-corrected chi connectivity index (χ4v) is 0.983. The summed E-state index contributed by atoms with van der Waals surface area (Å²) in [5.74, 6) is -0.342. The van der Waals surface area contributed by atoms with Gasteiger partial charge in [0, 0.05) is 5.56 Å². The Kier molecular flexibility index (Phi) is 2.25. The molecule has 11 heavy (non-hydrogen) atoms. The number of rotatable bonds is 1. The van der Waals surface area contributed by atoms with Crippen LogP contribution in [0, 0.1) is 12.7 Å². The summed E-state index contributed by atoms with van der Waals surface area (Å²) in [6, 6.07) is 4.71. The molecule has 0 amide bonds. The third-order valence-electron chi connectivity index (χ3n) is 1.60. The maximum absolute atomic E-state index is 12.9. The zero-order valence-electron chi connectivity index (χ0n) is 6.63. The Balaban J connectivity index is 3.13. The largest absolute Gasteiger partial charge is 0.389 e. The van der Waals surface area contributed by atoms with Crippen LogP contribution in [0.25, 0.3) is 0 Å². The Hall–Kier alpha value is -0.890. The molecular formula is C9H11FO. The Morgan fingerprint density at radius 1 is 1.45 bits per heavy atom. The fourth-order valence-electron chi connectivity index (χ4n) is 0.983. The van der Waals surface area contributed by atoms with Gasteiger partial charge in [0.05, 0.1) is 6.10 Å². The molecule has 0 aliphatic rings. The highest BCUT2D eigenvalue weighted by Gasteiger charge is 2.06. The first-order valence-corrected chi connectivity index (χ1v) is 3.55. The quantitative estimate of drug-likeness (QED) is 0.657. The van der Waals surface area contributed by atoms with Crippen LogP contribution in [0.3, 0.4) is 0 Å². The fraction of sp³-hybridized carbons (Fsp3) is 0.333. The van der Waals surface area contributed by atoms with Gasteiger partial charge in [0.15, 0.2) is 0 Å². The van der Waals surface area contributed by atoms with E-state index in [0.717, 1.165) is 5.56 Å². The van der Waals surface area contributed by atoms with E-state index in [-0.39, 0.29) is 5.82 Å². The van der Waals surface area contributed by atoms with Gasteiger partial charge in [-0.3, -0.25) is 0 Å². The van der Waals surface area contributed by atoms with Crippen LogP contribution in [-0.2, 0) is 0 Å². The number of hydrogen-bond donors (Lipinski definition) is 1. The van der Waals surface area contributed by atoms with E-state index in [4.69, 9.17) is 5.11 Å². The third-order valence-corrected chi connectivity index (χ3v) is 1.60. The molecule has 2 heteroatoms. The van der Waals surface area contributed by atoms with E-state index in [1.54, 1.807) is 19.1 Å². The van der Waals surface area contributed by atoms with Crippen LogP contribution < -0.4 is 0 Å². The van der Waals surface area contributed by atoms with E-state index >= 15 is 0 Å². The van der Waals surface area contributed by atoms with Gasteiger partial charge in [0.25, 0.3) is 0 Å². The average Bonchev–Trinajstić information content (AvgIpc) is 1.94. The summed E-state index contributed by atoms with van der Waals surface area (Å²) in [5.41, 5.74) is 1.33. The standard InChI is InChI=1S/C9H11FO/c1-6-3-4-9(10)8(5-6)7(2)11/h3-5,7,11H,1-2H3/t7-/m0/s1. The Morgan fingerprint density at radius 2 is 2.09 bits per heavy atom. The van der Waals surface area contributed by atoms with Crippen molar-refractivity contribution in [1.82, 2.24) is 0 Å². The van der Waals surface area contributed by atoms with Gasteiger partial charge in [-0.1, -0.05) is 17.7 Å². The van der Waals surface area contributed by atoms with E-state index in [2.05, 4.69) is 0 Å². The van der Waals surface area contributed by atoms with Crippen molar-refractivity contribution in [1.29, 1.82) is 0 Å². The Bertz CT molecular complexity index is 256. The first-order valence-electron chi connectivity index (χ1n) is 3.55. The molecule has 1 aromatic rings. The predicted octanol–water partition coefficient (Wildman–Crippen LogP) is 2.19. The van der Waals surface area contributed by atoms with Gasteiger partial charge in [-0.25, -0.2) is 4.39 Å². The normalized spacial score (nSPS) is 13.1. The van der Waals surface area contributed by atoms with Crippen molar-refractivity contribution in [3.8, 4) is 0 Å². The lowest BCUT2D eigenvalue weighted by Gasteiger charge is -2.06. The maximum Gasteiger partial charge on any atom is 0.129 e. The summed E-state index contributed by atoms with van der Waals surface area (Å²) in [7, 11) is 0. The van der Waals surface area contributed by atoms with Crippen LogP contribution in [0.4, 0.5) is 4.39 Å². The maximum atomic E-state index is 12.9. The lowest BCUT2D eigenvalue weighted by atomic mass is 10.1. The van der Waals surface area contributed by atoms with Crippen LogP contribution in [0.15, 0.2) is 18.2 Å². The number of hydrogen-bond acceptors (Lipinski definition) is 1. The minimum Gasteiger partial charge on any atom is -0.389 e. The molecule has 1 aromatic carbocycles. The number of halogens is 1. The van der Waals surface area contributed by atoms with Crippen LogP contribution in [0.2, 0.25) is 0 Å². The highest BCUT2D eigenvalue weighted by atomic mass is 19.1. The lowest BCUT2D eigenvalue weighted by Crippen LogP contribution is -1.95. The van der Waals surface area contributed by atoms with E-state index in [9.17, 15) is 4.39 Å². The molecule has 1 nitrogen and oxygen atoms in total. The SMILES string of the molecule is Cc1ccc(F)c([C@H](C)O)c1. The van der Waals surface area contributed by atoms with Crippen LogP contribution >= 0.6 is 0 Å². The average molecular weight is 154 g/mol. The first kappa shape index (κ1) is 8.21. The molecule has 0 aromatic heterocycles. The van der Waals surface area contributed by atoms with Crippen LogP contribution in [0.5, 0.6) is 0 Å². The second-order valence-corrected chi connectivity index (χ2v) is 2.70. The van der Waals surface area contributed by atoms with E-state index in [1.165, 1.54) is 6.07 Å². The van der Waals surface area contributed by atoms with Gasteiger partial charge in [-0.15, -0.1) is 0 Å². The van der Waals surface area contributed by atoms with Crippen molar-refractivity contribution in [3.63, 3.8) is 0 Å². The molecule has 1 N–H and O–H groups in total. The number of benzene rings is 1. The van der Waals surface area contributed by atoms with Gasteiger partial charge in [0.1, 0.15) is 5.82 Å². The zero-order chi connectivity index (χ0) is 8.43. The molecule has 0 spiro atoms. The highest BCUT2D eigenvalue weighted by molar-refractivity contribution is 5.25. The molecule has 0 radical (unpaired) electrons. The minimum absolute atomic E-state index is 0.342. The number of aryl methyl sites for hydroxylation is 1. The molecule has 0 fully saturated rings. The van der Waals surface area contributed by atoms with Crippen molar-refractivity contribution >= 4 is 0 Å². The summed E-state index contributed by atoms with van der Waals surface area (Å²) >= 11 is 0. The molecule has 0 aliphatic carbocycles. The van der Waals surface area contributed by atoms with Crippen LogP contribution in [0.1, 0.15) is 24.2 Å². The van der Waals surface area contributed by atoms with E-state index in [1.807, 2.05) is 6.92 Å². The topological polar surface area (TPSA) is 20.2 Å². The molecule has 0 bridgehead atoms. The summed E-state index contributed by atoms with van der Waals surface area (Å²) in [6.07, 6.45) is -0.727. The van der Waals surface area contributed by atoms with Crippen molar-refractivity contribution < 1.29 is 9.50 Å². The Morgan fingerprint density at radius 3 is 2.55 bits per heavy atom. The molecule has 1 atom stereocenters. The summed E-state index contributed by atoms with van der Waals surface area (Å²) in [4.78, 5) is 0. The molecule has 60 valence electrons. The molecule has 0 heterocycles. The molecular weight excluding hydrogens is 143 g/mol. The van der Waals surface area contributed by atoms with Crippen molar-refractivity contribution in [3.05, 3.63) is 35.1 Å². The van der Waals surface area contributed by atoms with Crippen molar-refractivity contribution in [2.45, 2.75) is 20.0 Å². The van der Waals surface area contributed by atoms with Crippen molar-refractivity contribution in [2.24, 2.45) is 0 Å².